The van der Waals surface area contributed by atoms with Crippen molar-refractivity contribution in [2.45, 2.75) is 32.1 Å². The summed E-state index contributed by atoms with van der Waals surface area (Å²) in [5.74, 6) is -0.564. The molecule has 0 spiro atoms. The van der Waals surface area contributed by atoms with Crippen LogP contribution in [-0.4, -0.2) is 92.7 Å². The molecule has 1 aromatic carbocycles. The number of carbonyl (C=O) groups excluding carboxylic acids is 1. The van der Waals surface area contributed by atoms with E-state index in [9.17, 15) is 13.2 Å². The normalized spacial score (nSPS) is 12.1. The Labute approximate surface area is 202 Å². The highest BCUT2D eigenvalue weighted by Gasteiger charge is 2.16. The van der Waals surface area contributed by atoms with Crippen molar-refractivity contribution in [1.82, 2.24) is 0 Å². The Bertz CT molecular complexity index is 747. The van der Waals surface area contributed by atoms with Crippen molar-refractivity contribution in [3.8, 4) is 0 Å². The first-order valence-corrected chi connectivity index (χ1v) is 12.8. The van der Waals surface area contributed by atoms with Crippen LogP contribution in [0.5, 0.6) is 0 Å². The number of carbonyl (C=O) groups is 1. The molecule has 0 atom stereocenters. The van der Waals surface area contributed by atoms with Gasteiger partial charge < -0.3 is 28.4 Å². The van der Waals surface area contributed by atoms with E-state index < -0.39 is 21.7 Å². The Balaban J connectivity index is 1.81. The van der Waals surface area contributed by atoms with Gasteiger partial charge in [0.25, 0.3) is 10.1 Å². The Kier molecular flexibility index (Phi) is 15.9. The van der Waals surface area contributed by atoms with Gasteiger partial charge in [-0.15, -0.1) is 0 Å². The van der Waals surface area contributed by atoms with Crippen LogP contribution < -0.4 is 0 Å². The molecule has 1 aromatic rings. The summed E-state index contributed by atoms with van der Waals surface area (Å²) >= 11 is 0. The molecule has 196 valence electrons. The number of rotatable bonds is 20. The lowest BCUT2D eigenvalue weighted by atomic mass is 10.2. The standard InChI is InChI=1S/C23H38O10S/c1-23(2,3)33-22(24)19-31-16-15-29-12-11-27-9-10-28-13-14-30-17-18-32-34(25,26)20-21-7-5-4-6-8-21/h4-8H,9-20H2,1-3H3. The van der Waals surface area contributed by atoms with E-state index in [2.05, 4.69) is 0 Å². The average molecular weight is 507 g/mol. The number of esters is 1. The van der Waals surface area contributed by atoms with Gasteiger partial charge in [-0.25, -0.2) is 4.79 Å². The highest BCUT2D eigenvalue weighted by molar-refractivity contribution is 7.85. The molecule has 0 unspecified atom stereocenters. The van der Waals surface area contributed by atoms with Crippen LogP contribution >= 0.6 is 0 Å². The second-order valence-corrected chi connectivity index (χ2v) is 9.74. The highest BCUT2D eigenvalue weighted by atomic mass is 32.2. The molecule has 0 aliphatic heterocycles. The van der Waals surface area contributed by atoms with Crippen molar-refractivity contribution >= 4 is 16.1 Å². The molecule has 10 nitrogen and oxygen atoms in total. The maximum atomic E-state index is 11.9. The summed E-state index contributed by atoms with van der Waals surface area (Å²) in [6, 6.07) is 8.85. The van der Waals surface area contributed by atoms with Crippen LogP contribution in [0, 0.1) is 0 Å². The van der Waals surface area contributed by atoms with Gasteiger partial charge >= 0.3 is 5.97 Å². The van der Waals surface area contributed by atoms with Crippen molar-refractivity contribution in [3.05, 3.63) is 35.9 Å². The Morgan fingerprint density at radius 3 is 1.62 bits per heavy atom. The molecule has 0 saturated carbocycles. The minimum absolute atomic E-state index is 0.0374. The molecule has 1 rings (SSSR count). The maximum Gasteiger partial charge on any atom is 0.332 e. The number of hydrogen-bond acceptors (Lipinski definition) is 10. The zero-order valence-electron chi connectivity index (χ0n) is 20.4. The fraction of sp³-hybridized carbons (Fsp3) is 0.696. The lowest BCUT2D eigenvalue weighted by Crippen LogP contribution is -2.27. The molecule has 0 aliphatic carbocycles. The van der Waals surface area contributed by atoms with Crippen LogP contribution in [0.2, 0.25) is 0 Å². The summed E-state index contributed by atoms with van der Waals surface area (Å²) < 4.78 is 60.3. The van der Waals surface area contributed by atoms with E-state index in [1.807, 2.05) is 6.07 Å². The topological polar surface area (TPSA) is 116 Å². The van der Waals surface area contributed by atoms with Crippen molar-refractivity contribution in [2.24, 2.45) is 0 Å². The minimum atomic E-state index is -3.63. The Morgan fingerprint density at radius 1 is 0.706 bits per heavy atom. The lowest BCUT2D eigenvalue weighted by Gasteiger charge is -2.19. The fourth-order valence-corrected chi connectivity index (χ4v) is 3.45. The summed E-state index contributed by atoms with van der Waals surface area (Å²) in [5, 5.41) is 0. The van der Waals surface area contributed by atoms with Crippen molar-refractivity contribution in [1.29, 1.82) is 0 Å². The fourth-order valence-electron chi connectivity index (χ4n) is 2.45. The van der Waals surface area contributed by atoms with Gasteiger partial charge in [-0.1, -0.05) is 30.3 Å². The van der Waals surface area contributed by atoms with Crippen molar-refractivity contribution in [2.75, 3.05) is 72.7 Å². The first-order chi connectivity index (χ1) is 16.2. The van der Waals surface area contributed by atoms with Gasteiger partial charge in [0.15, 0.2) is 0 Å². The average Bonchev–Trinajstić information content (AvgIpc) is 2.75. The van der Waals surface area contributed by atoms with Gasteiger partial charge in [-0.3, -0.25) is 4.18 Å². The molecule has 0 aromatic heterocycles. The first kappa shape index (κ1) is 30.4. The number of benzene rings is 1. The van der Waals surface area contributed by atoms with Crippen LogP contribution in [0.1, 0.15) is 26.3 Å². The largest absolute Gasteiger partial charge is 0.458 e. The highest BCUT2D eigenvalue weighted by Crippen LogP contribution is 2.07. The van der Waals surface area contributed by atoms with E-state index in [1.54, 1.807) is 45.0 Å². The monoisotopic (exact) mass is 506 g/mol. The zero-order valence-corrected chi connectivity index (χ0v) is 21.2. The maximum absolute atomic E-state index is 11.9. The molecule has 11 heteroatoms. The van der Waals surface area contributed by atoms with Crippen LogP contribution in [-0.2, 0) is 53.3 Å². The third-order valence-electron chi connectivity index (χ3n) is 3.80. The van der Waals surface area contributed by atoms with Crippen LogP contribution in [0.25, 0.3) is 0 Å². The molecule has 0 bridgehead atoms. The SMILES string of the molecule is CC(C)(C)OC(=O)COCCOCCOCCOCCOCCOS(=O)(=O)Cc1ccccc1. The molecule has 0 amide bonds. The molecule has 0 radical (unpaired) electrons. The molecule has 0 aliphatic rings. The molecule has 34 heavy (non-hydrogen) atoms. The molecule has 0 fully saturated rings. The Morgan fingerprint density at radius 2 is 1.15 bits per heavy atom. The quantitative estimate of drug-likeness (QED) is 0.148. The molecule has 0 N–H and O–H groups in total. The van der Waals surface area contributed by atoms with Crippen LogP contribution in [0.15, 0.2) is 30.3 Å². The third kappa shape index (κ3) is 18.8. The second-order valence-electron chi connectivity index (χ2n) is 8.10. The van der Waals surface area contributed by atoms with Crippen LogP contribution in [0.3, 0.4) is 0 Å². The third-order valence-corrected chi connectivity index (χ3v) is 5.02. The van der Waals surface area contributed by atoms with Gasteiger partial charge in [-0.2, -0.15) is 8.42 Å². The van der Waals surface area contributed by atoms with E-state index in [0.717, 1.165) is 0 Å². The molecule has 0 saturated heterocycles. The molecular formula is C23H38O10S. The van der Waals surface area contributed by atoms with E-state index in [4.69, 9.17) is 32.6 Å². The summed E-state index contributed by atoms with van der Waals surface area (Å²) in [4.78, 5) is 11.4. The second kappa shape index (κ2) is 17.8. The van der Waals surface area contributed by atoms with E-state index in [1.165, 1.54) is 0 Å². The summed E-state index contributed by atoms with van der Waals surface area (Å²) in [6.07, 6.45) is 0. The van der Waals surface area contributed by atoms with E-state index in [-0.39, 0.29) is 25.6 Å². The predicted octanol–water partition coefficient (Wildman–Crippen LogP) is 1.96. The predicted molar refractivity (Wildman–Crippen MR) is 125 cm³/mol. The summed E-state index contributed by atoms with van der Waals surface area (Å²) in [6.45, 7) is 8.42. The zero-order chi connectivity index (χ0) is 25.1. The smallest absolute Gasteiger partial charge is 0.332 e. The molecular weight excluding hydrogens is 468 g/mol. The van der Waals surface area contributed by atoms with Gasteiger partial charge in [-0.05, 0) is 26.3 Å². The van der Waals surface area contributed by atoms with Gasteiger partial charge in [0.05, 0.1) is 66.1 Å². The first-order valence-electron chi connectivity index (χ1n) is 11.2. The van der Waals surface area contributed by atoms with Crippen LogP contribution in [0.4, 0.5) is 0 Å². The van der Waals surface area contributed by atoms with E-state index >= 15 is 0 Å². The number of hydrogen-bond donors (Lipinski definition) is 0. The number of ether oxygens (including phenoxy) is 6. The van der Waals surface area contributed by atoms with Crippen molar-refractivity contribution < 1.29 is 45.8 Å². The minimum Gasteiger partial charge on any atom is -0.458 e. The lowest BCUT2D eigenvalue weighted by molar-refractivity contribution is -0.160. The Hall–Kier alpha value is -1.60. The van der Waals surface area contributed by atoms with Gasteiger partial charge in [0.2, 0.25) is 0 Å². The summed E-state index contributed by atoms with van der Waals surface area (Å²) in [5.41, 5.74) is 0.156. The van der Waals surface area contributed by atoms with Gasteiger partial charge in [0, 0.05) is 0 Å². The molecule has 0 heterocycles. The summed E-state index contributed by atoms with van der Waals surface area (Å²) in [7, 11) is -3.63. The van der Waals surface area contributed by atoms with Crippen molar-refractivity contribution in [3.63, 3.8) is 0 Å². The van der Waals surface area contributed by atoms with E-state index in [0.29, 0.717) is 58.4 Å². The van der Waals surface area contributed by atoms with Gasteiger partial charge in [0.1, 0.15) is 18.0 Å².